The van der Waals surface area contributed by atoms with Gasteiger partial charge in [0, 0.05) is 19.6 Å². The lowest BCUT2D eigenvalue weighted by Gasteiger charge is -2.15. The molecule has 0 aliphatic carbocycles. The van der Waals surface area contributed by atoms with Crippen LogP contribution in [-0.4, -0.2) is 29.9 Å². The standard InChI is InChI=1S/C21H25N3O2S/c27-21(23-13-18-7-8-19-20(11-18)26-15-25-19)22-12-16-3-5-17(6-4-16)14-24-9-1-2-10-24/h3-8,11H,1-2,9-10,12-15H2,(H2,22,23,27). The summed E-state index contributed by atoms with van der Waals surface area (Å²) in [6, 6.07) is 14.7. The number of rotatable bonds is 6. The van der Waals surface area contributed by atoms with Crippen molar-refractivity contribution in [3.63, 3.8) is 0 Å². The average molecular weight is 384 g/mol. The largest absolute Gasteiger partial charge is 0.454 e. The van der Waals surface area contributed by atoms with E-state index in [0.29, 0.717) is 18.5 Å². The number of benzene rings is 2. The van der Waals surface area contributed by atoms with E-state index in [1.54, 1.807) is 0 Å². The fourth-order valence-electron chi connectivity index (χ4n) is 3.44. The Hall–Kier alpha value is -2.31. The van der Waals surface area contributed by atoms with Crippen molar-refractivity contribution in [3.8, 4) is 11.5 Å². The first kappa shape index (κ1) is 18.1. The van der Waals surface area contributed by atoms with E-state index >= 15 is 0 Å². The third kappa shape index (κ3) is 4.90. The van der Waals surface area contributed by atoms with Gasteiger partial charge >= 0.3 is 0 Å². The van der Waals surface area contributed by atoms with Crippen molar-refractivity contribution in [1.82, 2.24) is 15.5 Å². The SMILES string of the molecule is S=C(NCc1ccc(CN2CCCC2)cc1)NCc1ccc2c(c1)OCO2. The maximum Gasteiger partial charge on any atom is 0.231 e. The molecule has 0 amide bonds. The van der Waals surface area contributed by atoms with Crippen LogP contribution in [0.1, 0.15) is 29.5 Å². The molecule has 0 saturated carbocycles. The number of fused-ring (bicyclic) bond motifs is 1. The zero-order valence-corrected chi connectivity index (χ0v) is 16.2. The van der Waals surface area contributed by atoms with E-state index in [4.69, 9.17) is 21.7 Å². The number of hydrogen-bond donors (Lipinski definition) is 2. The van der Waals surface area contributed by atoms with Crippen LogP contribution in [0.2, 0.25) is 0 Å². The Morgan fingerprint density at radius 3 is 2.26 bits per heavy atom. The topological polar surface area (TPSA) is 45.8 Å². The molecular formula is C21H25N3O2S. The predicted octanol–water partition coefficient (Wildman–Crippen LogP) is 3.18. The minimum atomic E-state index is 0.295. The van der Waals surface area contributed by atoms with Gasteiger partial charge in [-0.3, -0.25) is 4.90 Å². The highest BCUT2D eigenvalue weighted by Gasteiger charge is 2.13. The monoisotopic (exact) mass is 383 g/mol. The van der Waals surface area contributed by atoms with Crippen LogP contribution in [0.3, 0.4) is 0 Å². The number of nitrogens with zero attached hydrogens (tertiary/aromatic N) is 1. The molecule has 0 spiro atoms. The fraction of sp³-hybridized carbons (Fsp3) is 0.381. The molecule has 2 aliphatic rings. The Kier molecular flexibility index (Phi) is 5.75. The first-order valence-electron chi connectivity index (χ1n) is 9.47. The highest BCUT2D eigenvalue weighted by atomic mass is 32.1. The third-order valence-corrected chi connectivity index (χ3v) is 5.26. The summed E-state index contributed by atoms with van der Waals surface area (Å²) in [5.41, 5.74) is 3.71. The zero-order valence-electron chi connectivity index (χ0n) is 15.4. The quantitative estimate of drug-likeness (QED) is 0.747. The van der Waals surface area contributed by atoms with Gasteiger partial charge in [0.25, 0.3) is 0 Å². The van der Waals surface area contributed by atoms with Gasteiger partial charge in [0.15, 0.2) is 16.6 Å². The number of thiocarbonyl (C=S) groups is 1. The summed E-state index contributed by atoms with van der Waals surface area (Å²) >= 11 is 5.39. The lowest BCUT2D eigenvalue weighted by atomic mass is 10.1. The molecule has 6 heteroatoms. The molecule has 1 saturated heterocycles. The molecule has 5 nitrogen and oxygen atoms in total. The minimum Gasteiger partial charge on any atom is -0.454 e. The molecule has 4 rings (SSSR count). The Labute approximate surface area is 165 Å². The van der Waals surface area contributed by atoms with Crippen molar-refractivity contribution >= 4 is 17.3 Å². The van der Waals surface area contributed by atoms with E-state index in [1.807, 2.05) is 18.2 Å². The number of ether oxygens (including phenoxy) is 2. The normalized spacial score (nSPS) is 15.7. The molecule has 2 aromatic rings. The second-order valence-electron chi connectivity index (χ2n) is 7.02. The van der Waals surface area contributed by atoms with E-state index < -0.39 is 0 Å². The maximum absolute atomic E-state index is 5.40. The van der Waals surface area contributed by atoms with Gasteiger partial charge in [0.05, 0.1) is 0 Å². The highest BCUT2D eigenvalue weighted by molar-refractivity contribution is 7.80. The smallest absolute Gasteiger partial charge is 0.231 e. The van der Waals surface area contributed by atoms with Crippen molar-refractivity contribution in [2.24, 2.45) is 0 Å². The van der Waals surface area contributed by atoms with Gasteiger partial charge < -0.3 is 20.1 Å². The Balaban J connectivity index is 1.20. The van der Waals surface area contributed by atoms with Crippen LogP contribution in [0, 0.1) is 0 Å². The number of nitrogens with one attached hydrogen (secondary N) is 2. The van der Waals surface area contributed by atoms with Crippen LogP contribution in [0.4, 0.5) is 0 Å². The van der Waals surface area contributed by atoms with Gasteiger partial charge in [-0.1, -0.05) is 30.3 Å². The average Bonchev–Trinajstić information content (AvgIpc) is 3.37. The zero-order chi connectivity index (χ0) is 18.5. The molecule has 0 atom stereocenters. The van der Waals surface area contributed by atoms with Crippen molar-refractivity contribution in [2.45, 2.75) is 32.5 Å². The van der Waals surface area contributed by atoms with E-state index in [0.717, 1.165) is 30.2 Å². The second-order valence-corrected chi connectivity index (χ2v) is 7.43. The lowest BCUT2D eigenvalue weighted by molar-refractivity contribution is 0.174. The first-order valence-corrected chi connectivity index (χ1v) is 9.87. The molecular weight excluding hydrogens is 358 g/mol. The number of likely N-dealkylation sites (tertiary alicyclic amines) is 1. The summed E-state index contributed by atoms with van der Waals surface area (Å²) in [4.78, 5) is 2.52. The molecule has 0 radical (unpaired) electrons. The van der Waals surface area contributed by atoms with Crippen molar-refractivity contribution in [2.75, 3.05) is 19.9 Å². The van der Waals surface area contributed by atoms with Crippen LogP contribution in [0.15, 0.2) is 42.5 Å². The minimum absolute atomic E-state index is 0.295. The van der Waals surface area contributed by atoms with Crippen LogP contribution < -0.4 is 20.1 Å². The fourth-order valence-corrected chi connectivity index (χ4v) is 3.58. The Morgan fingerprint density at radius 2 is 1.48 bits per heavy atom. The molecule has 0 aromatic heterocycles. The van der Waals surface area contributed by atoms with Gasteiger partial charge in [-0.25, -0.2) is 0 Å². The molecule has 27 heavy (non-hydrogen) atoms. The van der Waals surface area contributed by atoms with Crippen LogP contribution >= 0.6 is 12.2 Å². The molecule has 0 bridgehead atoms. The van der Waals surface area contributed by atoms with Crippen molar-refractivity contribution < 1.29 is 9.47 Å². The summed E-state index contributed by atoms with van der Waals surface area (Å²) in [6.07, 6.45) is 2.66. The van der Waals surface area contributed by atoms with Gasteiger partial charge in [0.1, 0.15) is 0 Å². The summed E-state index contributed by atoms with van der Waals surface area (Å²) in [5, 5.41) is 7.15. The highest BCUT2D eigenvalue weighted by Crippen LogP contribution is 2.32. The first-order chi connectivity index (χ1) is 13.3. The molecule has 1 fully saturated rings. The summed E-state index contributed by atoms with van der Waals surface area (Å²) in [5.74, 6) is 1.59. The van der Waals surface area contributed by atoms with E-state index in [2.05, 4.69) is 39.8 Å². The second kappa shape index (κ2) is 8.59. The lowest BCUT2D eigenvalue weighted by Crippen LogP contribution is -2.34. The van der Waals surface area contributed by atoms with E-state index in [9.17, 15) is 0 Å². The third-order valence-electron chi connectivity index (χ3n) is 4.97. The summed E-state index contributed by atoms with van der Waals surface area (Å²) < 4.78 is 10.7. The van der Waals surface area contributed by atoms with Crippen LogP contribution in [-0.2, 0) is 19.6 Å². The van der Waals surface area contributed by atoms with Crippen LogP contribution in [0.5, 0.6) is 11.5 Å². The van der Waals surface area contributed by atoms with Gasteiger partial charge in [-0.2, -0.15) is 0 Å². The summed E-state index contributed by atoms with van der Waals surface area (Å²) in [7, 11) is 0. The maximum atomic E-state index is 5.40. The Bertz CT molecular complexity index is 789. The van der Waals surface area contributed by atoms with Gasteiger partial charge in [-0.05, 0) is 67.0 Å². The van der Waals surface area contributed by atoms with Crippen LogP contribution in [0.25, 0.3) is 0 Å². The van der Waals surface area contributed by atoms with E-state index in [1.165, 1.54) is 37.1 Å². The molecule has 2 aliphatic heterocycles. The van der Waals surface area contributed by atoms with Crippen molar-refractivity contribution in [1.29, 1.82) is 0 Å². The Morgan fingerprint density at radius 1 is 0.852 bits per heavy atom. The molecule has 142 valence electrons. The van der Waals surface area contributed by atoms with Crippen molar-refractivity contribution in [3.05, 3.63) is 59.2 Å². The molecule has 2 heterocycles. The van der Waals surface area contributed by atoms with E-state index in [-0.39, 0.29) is 0 Å². The molecule has 0 unspecified atom stereocenters. The number of hydrogen-bond acceptors (Lipinski definition) is 4. The molecule has 2 N–H and O–H groups in total. The summed E-state index contributed by atoms with van der Waals surface area (Å²) in [6.45, 7) is 5.18. The van der Waals surface area contributed by atoms with Gasteiger partial charge in [0.2, 0.25) is 6.79 Å². The van der Waals surface area contributed by atoms with Gasteiger partial charge in [-0.15, -0.1) is 0 Å². The predicted molar refractivity (Wildman–Crippen MR) is 110 cm³/mol. The molecule has 2 aromatic carbocycles.